The number of amides is 1. The number of aromatic amines is 2. The lowest BCUT2D eigenvalue weighted by atomic mass is 9.85. The van der Waals surface area contributed by atoms with Crippen molar-refractivity contribution in [3.05, 3.63) is 65.9 Å². The zero-order valence-electron chi connectivity index (χ0n) is 19.8. The molecule has 6 aromatic rings. The number of imidazole rings is 1. The maximum atomic E-state index is 16.1. The first kappa shape index (κ1) is 22.7. The number of aromatic nitrogens is 6. The molecule has 7 rings (SSSR count). The van der Waals surface area contributed by atoms with Crippen LogP contribution in [-0.4, -0.2) is 36.0 Å². The van der Waals surface area contributed by atoms with Gasteiger partial charge < -0.3 is 10.3 Å². The molecule has 0 radical (unpaired) electrons. The Labute approximate surface area is 218 Å². The average molecular weight is 528 g/mol. The van der Waals surface area contributed by atoms with Gasteiger partial charge in [0.25, 0.3) is 0 Å². The van der Waals surface area contributed by atoms with E-state index in [4.69, 9.17) is 0 Å². The predicted molar refractivity (Wildman–Crippen MR) is 141 cm³/mol. The molecule has 0 bridgehead atoms. The first-order valence-electron chi connectivity index (χ1n) is 12.1. The Morgan fingerprint density at radius 2 is 1.95 bits per heavy atom. The highest BCUT2D eigenvalue weighted by molar-refractivity contribution is 7.13. The molecule has 0 unspecified atom stereocenters. The fraction of sp³-hybridized carbons (Fsp3) is 0.148. The number of fused-ring (bicyclic) bond motifs is 2. The molecule has 0 aliphatic heterocycles. The summed E-state index contributed by atoms with van der Waals surface area (Å²) in [4.78, 5) is 29.5. The smallest absolute Gasteiger partial charge is 0.227 e. The van der Waals surface area contributed by atoms with Gasteiger partial charge in [0.15, 0.2) is 11.0 Å². The molecule has 1 fully saturated rings. The number of nitrogens with zero attached hydrogens (tertiary/aromatic N) is 4. The first-order chi connectivity index (χ1) is 18.5. The molecule has 1 aromatic carbocycles. The van der Waals surface area contributed by atoms with Gasteiger partial charge in [0.1, 0.15) is 22.7 Å². The topological polar surface area (TPSA) is 112 Å². The molecule has 1 amide bonds. The van der Waals surface area contributed by atoms with Crippen LogP contribution in [0.5, 0.6) is 0 Å². The number of anilines is 1. The van der Waals surface area contributed by atoms with Gasteiger partial charge in [0, 0.05) is 29.4 Å². The summed E-state index contributed by atoms with van der Waals surface area (Å²) in [7, 11) is 0. The Balaban J connectivity index is 1.30. The van der Waals surface area contributed by atoms with Crippen molar-refractivity contribution >= 4 is 44.9 Å². The van der Waals surface area contributed by atoms with E-state index in [9.17, 15) is 9.18 Å². The van der Waals surface area contributed by atoms with Crippen LogP contribution in [0.2, 0.25) is 0 Å². The van der Waals surface area contributed by atoms with E-state index in [1.54, 1.807) is 48.9 Å². The number of thiophene rings is 1. The van der Waals surface area contributed by atoms with Crippen molar-refractivity contribution in [1.82, 2.24) is 30.1 Å². The molecule has 5 heterocycles. The molecular weight excluding hydrogens is 508 g/mol. The van der Waals surface area contributed by atoms with Crippen LogP contribution in [-0.2, 0) is 4.79 Å². The first-order valence-corrected chi connectivity index (χ1v) is 12.9. The number of carbonyl (C=O) groups is 1. The summed E-state index contributed by atoms with van der Waals surface area (Å²) >= 11 is 0.981. The summed E-state index contributed by atoms with van der Waals surface area (Å²) in [5.41, 5.74) is 3.92. The zero-order chi connectivity index (χ0) is 25.8. The maximum absolute atomic E-state index is 16.1. The number of H-pyrrole nitrogens is 2. The van der Waals surface area contributed by atoms with E-state index in [1.807, 2.05) is 0 Å². The number of rotatable bonds is 5. The van der Waals surface area contributed by atoms with Gasteiger partial charge >= 0.3 is 0 Å². The zero-order valence-corrected chi connectivity index (χ0v) is 20.6. The highest BCUT2D eigenvalue weighted by Gasteiger charge is 2.25. The summed E-state index contributed by atoms with van der Waals surface area (Å²) in [5, 5.41) is 10.1. The summed E-state index contributed by atoms with van der Waals surface area (Å²) in [5.74, 6) is -0.145. The highest BCUT2D eigenvalue weighted by Crippen LogP contribution is 2.36. The van der Waals surface area contributed by atoms with Crippen molar-refractivity contribution in [2.75, 3.05) is 5.32 Å². The summed E-state index contributed by atoms with van der Waals surface area (Å²) in [6, 6.07) is 9.91. The van der Waals surface area contributed by atoms with Crippen LogP contribution in [0.3, 0.4) is 0 Å². The molecule has 0 atom stereocenters. The van der Waals surface area contributed by atoms with Crippen LogP contribution in [0.15, 0.2) is 55.0 Å². The van der Waals surface area contributed by atoms with Gasteiger partial charge in [-0.3, -0.25) is 19.9 Å². The molecule has 8 nitrogen and oxygen atoms in total. The second-order valence-electron chi connectivity index (χ2n) is 9.25. The lowest BCUT2D eigenvalue weighted by Gasteiger charge is -2.24. The number of pyridine rings is 2. The third-order valence-corrected chi connectivity index (χ3v) is 7.77. The Morgan fingerprint density at radius 1 is 1.05 bits per heavy atom. The van der Waals surface area contributed by atoms with Gasteiger partial charge in [-0.15, -0.1) is 11.3 Å². The fourth-order valence-electron chi connectivity index (χ4n) is 4.71. The number of nitrogens with one attached hydrogen (secondary N) is 3. The lowest BCUT2D eigenvalue weighted by Crippen LogP contribution is -2.28. The van der Waals surface area contributed by atoms with Gasteiger partial charge in [-0.2, -0.15) is 9.49 Å². The van der Waals surface area contributed by atoms with Crippen molar-refractivity contribution in [2.45, 2.75) is 19.3 Å². The van der Waals surface area contributed by atoms with E-state index < -0.39 is 5.82 Å². The van der Waals surface area contributed by atoms with Gasteiger partial charge in [-0.05, 0) is 49.2 Å². The van der Waals surface area contributed by atoms with Crippen LogP contribution in [0.25, 0.3) is 55.2 Å². The fourth-order valence-corrected chi connectivity index (χ4v) is 5.44. The van der Waals surface area contributed by atoms with Gasteiger partial charge in [0.2, 0.25) is 5.91 Å². The SMILES string of the molecule is O=C(Nc1cncc(-c2ccc3[nH]nc(-c4nc5c(-c6ccc(F)s6)nccc5[nH]4)c3c2F)c1)C1CCC1. The molecule has 0 spiro atoms. The molecule has 38 heavy (non-hydrogen) atoms. The largest absolute Gasteiger partial charge is 0.336 e. The molecule has 1 aliphatic rings. The van der Waals surface area contributed by atoms with E-state index in [0.717, 1.165) is 30.6 Å². The van der Waals surface area contributed by atoms with E-state index in [2.05, 4.69) is 35.5 Å². The van der Waals surface area contributed by atoms with Crippen LogP contribution in [0, 0.1) is 16.9 Å². The molecule has 0 saturated heterocycles. The van der Waals surface area contributed by atoms with Crippen molar-refractivity contribution in [3.63, 3.8) is 0 Å². The Bertz CT molecular complexity index is 1850. The van der Waals surface area contributed by atoms with Crippen LogP contribution in [0.4, 0.5) is 14.5 Å². The van der Waals surface area contributed by atoms with E-state index in [0.29, 0.717) is 55.5 Å². The van der Waals surface area contributed by atoms with E-state index in [1.165, 1.54) is 6.07 Å². The second-order valence-corrected chi connectivity index (χ2v) is 10.3. The van der Waals surface area contributed by atoms with Crippen molar-refractivity contribution in [2.24, 2.45) is 5.92 Å². The minimum atomic E-state index is -0.491. The second kappa shape index (κ2) is 8.80. The Morgan fingerprint density at radius 3 is 2.74 bits per heavy atom. The van der Waals surface area contributed by atoms with Crippen molar-refractivity contribution in [1.29, 1.82) is 0 Å². The predicted octanol–water partition coefficient (Wildman–Crippen LogP) is 6.31. The quantitative estimate of drug-likeness (QED) is 0.243. The number of benzene rings is 1. The molecule has 1 saturated carbocycles. The Hall–Kier alpha value is -4.51. The highest BCUT2D eigenvalue weighted by atomic mass is 32.1. The number of halogens is 2. The van der Waals surface area contributed by atoms with Gasteiger partial charge in [0.05, 0.1) is 33.2 Å². The average Bonchev–Trinajstić information content (AvgIpc) is 3.61. The molecule has 188 valence electrons. The minimum absolute atomic E-state index is 0.0265. The molecule has 3 N–H and O–H groups in total. The standard InChI is InChI=1S/C27H19F2N7OS/c28-20-7-6-19(38-20)24-23-18(8-9-31-24)33-26(34-23)25-21-17(35-36-25)5-4-16(22(21)29)14-10-15(12-30-11-14)32-27(37)13-2-1-3-13/h4-13H,1-3H2,(H,32,37)(H,33,34)(H,35,36). The van der Waals surface area contributed by atoms with Gasteiger partial charge in [-0.25, -0.2) is 9.37 Å². The third kappa shape index (κ3) is 3.74. The van der Waals surface area contributed by atoms with E-state index in [-0.39, 0.29) is 22.3 Å². The summed E-state index contributed by atoms with van der Waals surface area (Å²) in [6.45, 7) is 0. The molecule has 11 heteroatoms. The summed E-state index contributed by atoms with van der Waals surface area (Å²) < 4.78 is 29.7. The minimum Gasteiger partial charge on any atom is -0.336 e. The Kier molecular flexibility index (Phi) is 5.25. The molecule has 5 aromatic heterocycles. The molecule has 1 aliphatic carbocycles. The summed E-state index contributed by atoms with van der Waals surface area (Å²) in [6.07, 6.45) is 7.56. The van der Waals surface area contributed by atoms with Crippen LogP contribution >= 0.6 is 11.3 Å². The van der Waals surface area contributed by atoms with Crippen LogP contribution in [0.1, 0.15) is 19.3 Å². The third-order valence-electron chi connectivity index (χ3n) is 6.89. The number of hydrogen-bond acceptors (Lipinski definition) is 6. The lowest BCUT2D eigenvalue weighted by molar-refractivity contribution is -0.122. The molecular formula is C27H19F2N7OS. The monoisotopic (exact) mass is 527 g/mol. The maximum Gasteiger partial charge on any atom is 0.227 e. The number of carbonyl (C=O) groups excluding carboxylic acids is 1. The van der Waals surface area contributed by atoms with E-state index >= 15 is 4.39 Å². The normalized spacial score (nSPS) is 13.7. The number of hydrogen-bond donors (Lipinski definition) is 3. The van der Waals surface area contributed by atoms with Crippen molar-refractivity contribution in [3.8, 4) is 33.2 Å². The van der Waals surface area contributed by atoms with Gasteiger partial charge in [-0.1, -0.05) is 6.42 Å². The van der Waals surface area contributed by atoms with Crippen molar-refractivity contribution < 1.29 is 13.6 Å². The van der Waals surface area contributed by atoms with Crippen LogP contribution < -0.4 is 5.32 Å².